The summed E-state index contributed by atoms with van der Waals surface area (Å²) in [6.45, 7) is 0.761. The van der Waals surface area contributed by atoms with Crippen LogP contribution in [0.4, 0.5) is 4.39 Å². The molecule has 2 atom stereocenters. The van der Waals surface area contributed by atoms with E-state index in [1.165, 1.54) is 18.6 Å². The fraction of sp³-hybridized carbons (Fsp3) is 0.550. The zero-order valence-corrected chi connectivity index (χ0v) is 15.5. The summed E-state index contributed by atoms with van der Waals surface area (Å²) in [7, 11) is 2.00. The molecule has 1 N–H and O–H groups in total. The Bertz CT molecular complexity index is 786. The largest absolute Gasteiger partial charge is 0.352 e. The summed E-state index contributed by atoms with van der Waals surface area (Å²) in [4.78, 5) is 19.1. The minimum atomic E-state index is -0.297. The molecule has 1 aromatic carbocycles. The predicted molar refractivity (Wildman–Crippen MR) is 98.2 cm³/mol. The summed E-state index contributed by atoms with van der Waals surface area (Å²) in [6.07, 6.45) is 6.30. The van der Waals surface area contributed by atoms with Crippen LogP contribution < -0.4 is 5.32 Å². The van der Waals surface area contributed by atoms with Crippen molar-refractivity contribution in [2.45, 2.75) is 50.6 Å². The summed E-state index contributed by atoms with van der Waals surface area (Å²) >= 11 is 0. The lowest BCUT2D eigenvalue weighted by molar-refractivity contribution is -0.126. The topological polar surface area (TPSA) is 71.3 Å². The van der Waals surface area contributed by atoms with Crippen molar-refractivity contribution in [3.63, 3.8) is 0 Å². The van der Waals surface area contributed by atoms with E-state index in [0.29, 0.717) is 17.3 Å². The Morgan fingerprint density at radius 1 is 1.22 bits per heavy atom. The second-order valence-electron chi connectivity index (χ2n) is 7.69. The molecule has 6 nitrogen and oxygen atoms in total. The van der Waals surface area contributed by atoms with Gasteiger partial charge >= 0.3 is 0 Å². The van der Waals surface area contributed by atoms with Gasteiger partial charge in [0.15, 0.2) is 0 Å². The van der Waals surface area contributed by atoms with Crippen molar-refractivity contribution < 1.29 is 13.7 Å². The van der Waals surface area contributed by atoms with Gasteiger partial charge in [0.1, 0.15) is 5.82 Å². The number of amides is 1. The maximum atomic E-state index is 13.1. The highest BCUT2D eigenvalue weighted by molar-refractivity contribution is 5.79. The number of nitrogens with zero attached hydrogens (tertiary/aromatic N) is 3. The second-order valence-corrected chi connectivity index (χ2v) is 7.69. The van der Waals surface area contributed by atoms with Gasteiger partial charge in [-0.1, -0.05) is 24.4 Å². The van der Waals surface area contributed by atoms with Crippen LogP contribution in [0.15, 0.2) is 28.8 Å². The smallest absolute Gasteiger partial charge is 0.244 e. The van der Waals surface area contributed by atoms with E-state index in [1.54, 1.807) is 12.1 Å². The fourth-order valence-corrected chi connectivity index (χ4v) is 4.16. The van der Waals surface area contributed by atoms with Crippen molar-refractivity contribution in [1.29, 1.82) is 0 Å². The molecular weight excluding hydrogens is 347 g/mol. The molecule has 2 heterocycles. The Balaban J connectivity index is 1.40. The fourth-order valence-electron chi connectivity index (χ4n) is 4.16. The van der Waals surface area contributed by atoms with E-state index in [2.05, 4.69) is 20.4 Å². The van der Waals surface area contributed by atoms with Crippen LogP contribution in [-0.4, -0.2) is 40.6 Å². The minimum Gasteiger partial charge on any atom is -0.352 e. The number of carbonyl (C=O) groups is 1. The number of rotatable bonds is 4. The SMILES string of the molecule is CN1C[C@@H](NC(=O)C2CCCCC2)C[C@H]1c1nc(-c2ccc(F)cc2)no1. The van der Waals surface area contributed by atoms with Crippen molar-refractivity contribution in [3.05, 3.63) is 36.0 Å². The van der Waals surface area contributed by atoms with Gasteiger partial charge in [0.05, 0.1) is 6.04 Å². The Hall–Kier alpha value is -2.28. The van der Waals surface area contributed by atoms with Gasteiger partial charge in [-0.05, 0) is 50.6 Å². The average Bonchev–Trinajstić information content (AvgIpc) is 3.30. The normalized spacial score (nSPS) is 24.2. The zero-order valence-electron chi connectivity index (χ0n) is 15.5. The molecule has 0 bridgehead atoms. The van der Waals surface area contributed by atoms with E-state index in [9.17, 15) is 9.18 Å². The highest BCUT2D eigenvalue weighted by Crippen LogP contribution is 2.31. The molecular formula is C20H25FN4O2. The molecule has 1 saturated carbocycles. The average molecular weight is 372 g/mol. The van der Waals surface area contributed by atoms with Crippen molar-refractivity contribution in [2.75, 3.05) is 13.6 Å². The number of nitrogens with one attached hydrogen (secondary N) is 1. The summed E-state index contributed by atoms with van der Waals surface area (Å²) in [5, 5.41) is 7.24. The molecule has 0 spiro atoms. The van der Waals surface area contributed by atoms with Gasteiger partial charge in [-0.2, -0.15) is 4.98 Å². The van der Waals surface area contributed by atoms with Gasteiger partial charge in [-0.15, -0.1) is 0 Å². The lowest BCUT2D eigenvalue weighted by Crippen LogP contribution is -2.40. The molecule has 1 amide bonds. The lowest BCUT2D eigenvalue weighted by atomic mass is 9.88. The van der Waals surface area contributed by atoms with E-state index in [0.717, 1.165) is 38.6 Å². The molecule has 0 unspecified atom stereocenters. The Kier molecular flexibility index (Phi) is 5.20. The molecule has 0 radical (unpaired) electrons. The molecule has 144 valence electrons. The molecule has 1 aromatic heterocycles. The maximum absolute atomic E-state index is 13.1. The molecule has 1 aliphatic heterocycles. The van der Waals surface area contributed by atoms with Gasteiger partial charge < -0.3 is 9.84 Å². The van der Waals surface area contributed by atoms with Crippen LogP contribution in [0.3, 0.4) is 0 Å². The van der Waals surface area contributed by atoms with Crippen molar-refractivity contribution in [3.8, 4) is 11.4 Å². The van der Waals surface area contributed by atoms with Crippen molar-refractivity contribution in [2.24, 2.45) is 5.92 Å². The number of likely N-dealkylation sites (N-methyl/N-ethyl adjacent to an activating group) is 1. The third kappa shape index (κ3) is 4.03. The Morgan fingerprint density at radius 3 is 2.70 bits per heavy atom. The van der Waals surface area contributed by atoms with Gasteiger partial charge in [0.2, 0.25) is 17.6 Å². The molecule has 7 heteroatoms. The molecule has 27 heavy (non-hydrogen) atoms. The highest BCUT2D eigenvalue weighted by atomic mass is 19.1. The summed E-state index contributed by atoms with van der Waals surface area (Å²) in [6, 6.07) is 6.10. The Labute approximate surface area is 158 Å². The van der Waals surface area contributed by atoms with E-state index in [-0.39, 0.29) is 29.7 Å². The first kappa shape index (κ1) is 18.1. The Morgan fingerprint density at radius 2 is 1.96 bits per heavy atom. The van der Waals surface area contributed by atoms with E-state index in [4.69, 9.17) is 4.52 Å². The number of hydrogen-bond acceptors (Lipinski definition) is 5. The number of hydrogen-bond donors (Lipinski definition) is 1. The number of likely N-dealkylation sites (tertiary alicyclic amines) is 1. The molecule has 1 aliphatic carbocycles. The maximum Gasteiger partial charge on any atom is 0.244 e. The number of aromatic nitrogens is 2. The standard InChI is InChI=1S/C20H25FN4O2/c1-25-12-16(22-19(26)14-5-3-2-4-6-14)11-17(25)20-23-18(24-27-20)13-7-9-15(21)10-8-13/h7-10,14,16-17H,2-6,11-12H2,1H3,(H,22,26)/t16-,17-/m0/s1. The van der Waals surface area contributed by atoms with Gasteiger partial charge in [0, 0.05) is 24.1 Å². The van der Waals surface area contributed by atoms with Crippen LogP contribution in [-0.2, 0) is 4.79 Å². The van der Waals surface area contributed by atoms with Crippen LogP contribution >= 0.6 is 0 Å². The van der Waals surface area contributed by atoms with Gasteiger partial charge in [0.25, 0.3) is 0 Å². The number of halogens is 1. The van der Waals surface area contributed by atoms with Gasteiger partial charge in [-0.3, -0.25) is 9.69 Å². The van der Waals surface area contributed by atoms with E-state index < -0.39 is 0 Å². The van der Waals surface area contributed by atoms with Crippen LogP contribution in [0.2, 0.25) is 0 Å². The number of benzene rings is 1. The summed E-state index contributed by atoms with van der Waals surface area (Å²) < 4.78 is 18.5. The first-order valence-electron chi connectivity index (χ1n) is 9.70. The van der Waals surface area contributed by atoms with Crippen LogP contribution in [0.1, 0.15) is 50.5 Å². The zero-order chi connectivity index (χ0) is 18.8. The third-order valence-electron chi connectivity index (χ3n) is 5.70. The second kappa shape index (κ2) is 7.76. The van der Waals surface area contributed by atoms with Crippen LogP contribution in [0, 0.1) is 11.7 Å². The van der Waals surface area contributed by atoms with Gasteiger partial charge in [-0.25, -0.2) is 4.39 Å². The van der Waals surface area contributed by atoms with E-state index in [1.807, 2.05) is 7.05 Å². The van der Waals surface area contributed by atoms with Crippen molar-refractivity contribution in [1.82, 2.24) is 20.4 Å². The summed E-state index contributed by atoms with van der Waals surface area (Å²) in [5.41, 5.74) is 0.717. The molecule has 4 rings (SSSR count). The third-order valence-corrected chi connectivity index (χ3v) is 5.70. The minimum absolute atomic E-state index is 0.0247. The number of carbonyl (C=O) groups excluding carboxylic acids is 1. The molecule has 2 aromatic rings. The molecule has 2 fully saturated rings. The van der Waals surface area contributed by atoms with E-state index >= 15 is 0 Å². The van der Waals surface area contributed by atoms with Crippen LogP contribution in [0.25, 0.3) is 11.4 Å². The molecule has 1 saturated heterocycles. The first-order valence-corrected chi connectivity index (χ1v) is 9.70. The lowest BCUT2D eigenvalue weighted by Gasteiger charge is -2.22. The van der Waals surface area contributed by atoms with Crippen LogP contribution in [0.5, 0.6) is 0 Å². The first-order chi connectivity index (χ1) is 13.1. The predicted octanol–water partition coefficient (Wildman–Crippen LogP) is 3.32. The highest BCUT2D eigenvalue weighted by Gasteiger charge is 2.36. The summed E-state index contributed by atoms with van der Waals surface area (Å²) in [5.74, 6) is 1.04. The molecule has 2 aliphatic rings. The van der Waals surface area contributed by atoms with Crippen molar-refractivity contribution >= 4 is 5.91 Å². The quantitative estimate of drug-likeness (QED) is 0.891. The monoisotopic (exact) mass is 372 g/mol.